The van der Waals surface area contributed by atoms with Gasteiger partial charge in [0.15, 0.2) is 0 Å². The van der Waals surface area contributed by atoms with Crippen LogP contribution in [-0.2, 0) is 11.2 Å². The Labute approximate surface area is 84.5 Å². The van der Waals surface area contributed by atoms with E-state index in [2.05, 4.69) is 18.2 Å². The van der Waals surface area contributed by atoms with E-state index in [4.69, 9.17) is 9.84 Å². The normalized spacial score (nSPS) is 22.9. The fourth-order valence-corrected chi connectivity index (χ4v) is 1.99. The summed E-state index contributed by atoms with van der Waals surface area (Å²) in [4.78, 5) is 0. The van der Waals surface area contributed by atoms with E-state index in [-0.39, 0.29) is 18.6 Å². The van der Waals surface area contributed by atoms with Crippen molar-refractivity contribution in [3.8, 4) is 0 Å². The molecule has 0 amide bonds. The van der Waals surface area contributed by atoms with Crippen LogP contribution < -0.4 is 0 Å². The van der Waals surface area contributed by atoms with E-state index >= 15 is 0 Å². The molecule has 0 aliphatic carbocycles. The second kappa shape index (κ2) is 4.11. The fourth-order valence-electron chi connectivity index (χ4n) is 1.99. The lowest BCUT2D eigenvalue weighted by atomic mass is 9.91. The molecule has 14 heavy (non-hydrogen) atoms. The van der Waals surface area contributed by atoms with Gasteiger partial charge in [0.2, 0.25) is 0 Å². The first kappa shape index (κ1) is 9.69. The number of fused-ring (bicyclic) bond motifs is 1. The summed E-state index contributed by atoms with van der Waals surface area (Å²) in [6.45, 7) is 2.97. The second-order valence-corrected chi connectivity index (χ2v) is 3.90. The minimum Gasteiger partial charge on any atom is -0.396 e. The Hall–Kier alpha value is -0.860. The minimum absolute atomic E-state index is 0.0740. The Morgan fingerprint density at radius 3 is 3.07 bits per heavy atom. The highest BCUT2D eigenvalue weighted by Gasteiger charge is 2.24. The molecule has 1 heterocycles. The SMILES string of the molecule is CC(CO)C1OCCc2ccccc21. The first-order chi connectivity index (χ1) is 6.83. The zero-order chi connectivity index (χ0) is 9.97. The summed E-state index contributed by atoms with van der Waals surface area (Å²) in [5.41, 5.74) is 2.62. The largest absolute Gasteiger partial charge is 0.396 e. The van der Waals surface area contributed by atoms with Crippen LogP contribution in [0, 0.1) is 5.92 Å². The summed E-state index contributed by atoms with van der Waals surface area (Å²) in [6, 6.07) is 8.34. The van der Waals surface area contributed by atoms with Crippen molar-refractivity contribution in [2.24, 2.45) is 5.92 Å². The van der Waals surface area contributed by atoms with Crippen molar-refractivity contribution < 1.29 is 9.84 Å². The highest BCUT2D eigenvalue weighted by molar-refractivity contribution is 5.31. The maximum Gasteiger partial charge on any atom is 0.0875 e. The molecule has 0 spiro atoms. The number of rotatable bonds is 2. The molecule has 2 atom stereocenters. The van der Waals surface area contributed by atoms with Gasteiger partial charge in [-0.1, -0.05) is 31.2 Å². The lowest BCUT2D eigenvalue weighted by molar-refractivity contribution is -0.0103. The average Bonchev–Trinajstić information content (AvgIpc) is 2.27. The van der Waals surface area contributed by atoms with Crippen LogP contribution in [0.5, 0.6) is 0 Å². The zero-order valence-electron chi connectivity index (χ0n) is 8.44. The third-order valence-electron chi connectivity index (χ3n) is 2.84. The fraction of sp³-hybridized carbons (Fsp3) is 0.500. The van der Waals surface area contributed by atoms with E-state index in [0.717, 1.165) is 13.0 Å². The molecule has 0 saturated carbocycles. The molecule has 0 saturated heterocycles. The Balaban J connectivity index is 2.30. The zero-order valence-corrected chi connectivity index (χ0v) is 8.44. The molecule has 1 aliphatic heterocycles. The molecule has 1 aliphatic rings. The summed E-state index contributed by atoms with van der Waals surface area (Å²) in [5.74, 6) is 0.177. The molecule has 2 heteroatoms. The predicted octanol–water partition coefficient (Wildman–Crippen LogP) is 1.93. The van der Waals surface area contributed by atoms with Gasteiger partial charge in [-0.05, 0) is 17.5 Å². The average molecular weight is 192 g/mol. The molecule has 1 aromatic carbocycles. The summed E-state index contributed by atoms with van der Waals surface area (Å²) < 4.78 is 5.70. The van der Waals surface area contributed by atoms with Crippen molar-refractivity contribution in [2.75, 3.05) is 13.2 Å². The Morgan fingerprint density at radius 2 is 2.29 bits per heavy atom. The van der Waals surface area contributed by atoms with E-state index in [1.165, 1.54) is 11.1 Å². The quantitative estimate of drug-likeness (QED) is 0.775. The highest BCUT2D eigenvalue weighted by atomic mass is 16.5. The molecule has 2 unspecified atom stereocenters. The summed E-state index contributed by atoms with van der Waals surface area (Å²) in [6.07, 6.45) is 1.06. The van der Waals surface area contributed by atoms with Crippen molar-refractivity contribution in [3.63, 3.8) is 0 Å². The van der Waals surface area contributed by atoms with Gasteiger partial charge in [0, 0.05) is 12.5 Å². The number of hydrogen-bond donors (Lipinski definition) is 1. The van der Waals surface area contributed by atoms with Gasteiger partial charge >= 0.3 is 0 Å². The Kier molecular flexibility index (Phi) is 2.85. The molecule has 76 valence electrons. The van der Waals surface area contributed by atoms with E-state index in [0.29, 0.717) is 0 Å². The van der Waals surface area contributed by atoms with Crippen LogP contribution in [0.4, 0.5) is 0 Å². The van der Waals surface area contributed by atoms with Crippen LogP contribution in [0.1, 0.15) is 24.2 Å². The predicted molar refractivity (Wildman–Crippen MR) is 55.1 cm³/mol. The van der Waals surface area contributed by atoms with Crippen molar-refractivity contribution in [1.29, 1.82) is 0 Å². The molecular weight excluding hydrogens is 176 g/mol. The van der Waals surface area contributed by atoms with E-state index in [1.807, 2.05) is 13.0 Å². The van der Waals surface area contributed by atoms with Crippen LogP contribution in [0.25, 0.3) is 0 Å². The van der Waals surface area contributed by atoms with Gasteiger partial charge < -0.3 is 9.84 Å². The molecule has 0 bridgehead atoms. The lowest BCUT2D eigenvalue weighted by Crippen LogP contribution is -2.23. The van der Waals surface area contributed by atoms with Gasteiger partial charge in [-0.25, -0.2) is 0 Å². The van der Waals surface area contributed by atoms with Crippen molar-refractivity contribution in [3.05, 3.63) is 35.4 Å². The van der Waals surface area contributed by atoms with Crippen LogP contribution in [0.3, 0.4) is 0 Å². The molecule has 1 N–H and O–H groups in total. The molecule has 0 aromatic heterocycles. The summed E-state index contributed by atoms with van der Waals surface area (Å²) >= 11 is 0. The van der Waals surface area contributed by atoms with Crippen molar-refractivity contribution in [1.82, 2.24) is 0 Å². The maximum atomic E-state index is 9.13. The monoisotopic (exact) mass is 192 g/mol. The standard InChI is InChI=1S/C12H16O2/c1-9(8-13)12-11-5-3-2-4-10(11)6-7-14-12/h2-5,9,12-13H,6-8H2,1H3. The van der Waals surface area contributed by atoms with Crippen LogP contribution in [0.15, 0.2) is 24.3 Å². The molecule has 2 rings (SSSR count). The maximum absolute atomic E-state index is 9.13. The molecule has 1 aromatic rings. The Morgan fingerprint density at radius 1 is 1.50 bits per heavy atom. The number of aliphatic hydroxyl groups is 1. The number of ether oxygens (including phenoxy) is 1. The molecule has 2 nitrogen and oxygen atoms in total. The topological polar surface area (TPSA) is 29.5 Å². The van der Waals surface area contributed by atoms with Crippen LogP contribution >= 0.6 is 0 Å². The van der Waals surface area contributed by atoms with Crippen molar-refractivity contribution in [2.45, 2.75) is 19.4 Å². The third-order valence-corrected chi connectivity index (χ3v) is 2.84. The number of benzene rings is 1. The smallest absolute Gasteiger partial charge is 0.0875 e. The Bertz CT molecular complexity index is 309. The van der Waals surface area contributed by atoms with E-state index in [9.17, 15) is 0 Å². The van der Waals surface area contributed by atoms with E-state index in [1.54, 1.807) is 0 Å². The van der Waals surface area contributed by atoms with Gasteiger partial charge in [0.25, 0.3) is 0 Å². The molecule has 0 fully saturated rings. The second-order valence-electron chi connectivity index (χ2n) is 3.90. The van der Waals surface area contributed by atoms with Gasteiger partial charge in [0.1, 0.15) is 0 Å². The first-order valence-corrected chi connectivity index (χ1v) is 5.13. The van der Waals surface area contributed by atoms with Gasteiger partial charge in [0.05, 0.1) is 12.7 Å². The minimum atomic E-state index is 0.0740. The van der Waals surface area contributed by atoms with Gasteiger partial charge in [-0.2, -0.15) is 0 Å². The van der Waals surface area contributed by atoms with Crippen LogP contribution in [-0.4, -0.2) is 18.3 Å². The lowest BCUT2D eigenvalue weighted by Gasteiger charge is -2.29. The highest BCUT2D eigenvalue weighted by Crippen LogP contribution is 2.32. The van der Waals surface area contributed by atoms with Gasteiger partial charge in [-0.15, -0.1) is 0 Å². The first-order valence-electron chi connectivity index (χ1n) is 5.13. The van der Waals surface area contributed by atoms with E-state index < -0.39 is 0 Å². The third kappa shape index (κ3) is 1.68. The number of aliphatic hydroxyl groups excluding tert-OH is 1. The number of hydrogen-bond acceptors (Lipinski definition) is 2. The van der Waals surface area contributed by atoms with Crippen molar-refractivity contribution >= 4 is 0 Å². The van der Waals surface area contributed by atoms with Gasteiger partial charge in [-0.3, -0.25) is 0 Å². The molecule has 0 radical (unpaired) electrons. The van der Waals surface area contributed by atoms with Crippen LogP contribution in [0.2, 0.25) is 0 Å². The summed E-state index contributed by atoms with van der Waals surface area (Å²) in [7, 11) is 0. The molecular formula is C12H16O2. The summed E-state index contributed by atoms with van der Waals surface area (Å²) in [5, 5.41) is 9.13.